The highest BCUT2D eigenvalue weighted by Crippen LogP contribution is 2.20. The summed E-state index contributed by atoms with van der Waals surface area (Å²) >= 11 is 1.55. The number of hydroxylamine groups is 2. The highest BCUT2D eigenvalue weighted by atomic mass is 32.2. The summed E-state index contributed by atoms with van der Waals surface area (Å²) in [6.45, 7) is 7.86. The van der Waals surface area contributed by atoms with Gasteiger partial charge in [-0.15, -0.1) is 0 Å². The average Bonchev–Trinajstić information content (AvgIpc) is 3.18. The van der Waals surface area contributed by atoms with Gasteiger partial charge < -0.3 is 15.4 Å². The van der Waals surface area contributed by atoms with Gasteiger partial charge in [0.25, 0.3) is 0 Å². The Morgan fingerprint density at radius 3 is 2.47 bits per heavy atom. The van der Waals surface area contributed by atoms with Crippen molar-refractivity contribution in [3.05, 3.63) is 0 Å². The Morgan fingerprint density at radius 2 is 1.97 bits per heavy atom. The van der Waals surface area contributed by atoms with Crippen LogP contribution in [0.5, 0.6) is 0 Å². The minimum Gasteiger partial charge on any atom is -0.467 e. The molecule has 1 heterocycles. The van der Waals surface area contributed by atoms with Gasteiger partial charge >= 0.3 is 5.97 Å². The summed E-state index contributed by atoms with van der Waals surface area (Å²) in [5.74, 6) is -0.542. The number of methoxy groups -OCH3 is 1. The normalized spacial score (nSPS) is 18.6. The maximum absolute atomic E-state index is 13.1. The number of rotatable bonds is 14. The fraction of sp³-hybridized carbons (Fsp3) is 0.818. The predicted octanol–water partition coefficient (Wildman–Crippen LogP) is 2.24. The van der Waals surface area contributed by atoms with Gasteiger partial charge in [0.05, 0.1) is 7.11 Å². The van der Waals surface area contributed by atoms with Crippen LogP contribution in [0.4, 0.5) is 0 Å². The summed E-state index contributed by atoms with van der Waals surface area (Å²) in [5.41, 5.74) is 0. The van der Waals surface area contributed by atoms with E-state index < -0.39 is 24.3 Å². The second-order valence-corrected chi connectivity index (χ2v) is 9.63. The minimum absolute atomic E-state index is 0.0590. The summed E-state index contributed by atoms with van der Waals surface area (Å²) in [6.07, 6.45) is 3.65. The molecule has 0 saturated carbocycles. The number of carbonyl (C=O) groups excluding carboxylic acids is 4. The van der Waals surface area contributed by atoms with E-state index in [1.807, 2.05) is 34.0 Å². The molecule has 1 fully saturated rings. The predicted molar refractivity (Wildman–Crippen MR) is 123 cm³/mol. The van der Waals surface area contributed by atoms with Crippen molar-refractivity contribution in [2.75, 3.05) is 19.1 Å². The Balaban J connectivity index is 3.13. The number of hydrogen-bond acceptors (Lipinski definition) is 7. The fourth-order valence-corrected chi connectivity index (χ4v) is 3.77. The van der Waals surface area contributed by atoms with E-state index in [4.69, 9.17) is 9.57 Å². The van der Waals surface area contributed by atoms with Gasteiger partial charge in [0.2, 0.25) is 17.7 Å². The third-order valence-corrected chi connectivity index (χ3v) is 5.99. The highest BCUT2D eigenvalue weighted by Gasteiger charge is 2.36. The lowest BCUT2D eigenvalue weighted by molar-refractivity contribution is -0.234. The molecular weight excluding hydrogens is 434 g/mol. The first kappa shape index (κ1) is 28.2. The van der Waals surface area contributed by atoms with E-state index in [2.05, 4.69) is 10.6 Å². The molecule has 0 aromatic heterocycles. The third kappa shape index (κ3) is 9.36. The molecule has 32 heavy (non-hydrogen) atoms. The van der Waals surface area contributed by atoms with Crippen LogP contribution in [0.25, 0.3) is 0 Å². The van der Waals surface area contributed by atoms with Gasteiger partial charge in [0, 0.05) is 12.8 Å². The molecule has 0 radical (unpaired) electrons. The van der Waals surface area contributed by atoms with Gasteiger partial charge in [-0.1, -0.05) is 34.1 Å². The maximum atomic E-state index is 13.1. The molecule has 1 aliphatic rings. The fourth-order valence-electron chi connectivity index (χ4n) is 3.31. The van der Waals surface area contributed by atoms with Gasteiger partial charge in [-0.25, -0.2) is 14.7 Å². The van der Waals surface area contributed by atoms with E-state index in [0.29, 0.717) is 31.4 Å². The smallest absolute Gasteiger partial charge is 0.331 e. The second kappa shape index (κ2) is 14.4. The molecule has 1 unspecified atom stereocenters. The molecule has 4 atom stereocenters. The molecular formula is C22H39N3O6S. The number of hydrogen-bond donors (Lipinski definition) is 2. The van der Waals surface area contributed by atoms with Crippen molar-refractivity contribution >= 4 is 35.5 Å². The molecule has 1 rings (SSSR count). The van der Waals surface area contributed by atoms with Crippen molar-refractivity contribution in [3.63, 3.8) is 0 Å². The van der Waals surface area contributed by atoms with Crippen molar-refractivity contribution in [2.45, 2.75) is 84.5 Å². The second-order valence-electron chi connectivity index (χ2n) is 8.65. The molecule has 10 heteroatoms. The summed E-state index contributed by atoms with van der Waals surface area (Å²) in [7, 11) is 1.28. The Kier molecular flexibility index (Phi) is 12.7. The lowest BCUT2D eigenvalue weighted by Gasteiger charge is -2.34. The van der Waals surface area contributed by atoms with Gasteiger partial charge in [0.15, 0.2) is 12.3 Å². The molecule has 1 saturated heterocycles. The Hall–Kier alpha value is -1.81. The number of nitrogens with zero attached hydrogens (tertiary/aromatic N) is 1. The van der Waals surface area contributed by atoms with Crippen molar-refractivity contribution in [1.82, 2.24) is 15.7 Å². The maximum Gasteiger partial charge on any atom is 0.331 e. The average molecular weight is 474 g/mol. The van der Waals surface area contributed by atoms with Crippen LogP contribution < -0.4 is 10.6 Å². The molecule has 0 aromatic rings. The van der Waals surface area contributed by atoms with Crippen molar-refractivity contribution < 1.29 is 28.8 Å². The number of esters is 1. The quantitative estimate of drug-likeness (QED) is 0.226. The van der Waals surface area contributed by atoms with Gasteiger partial charge in [0.1, 0.15) is 6.04 Å². The number of carbonyl (C=O) groups is 4. The van der Waals surface area contributed by atoms with Crippen molar-refractivity contribution in [1.29, 1.82) is 0 Å². The molecule has 0 spiro atoms. The SMILES string of the molecule is CC[C@H](C)CC(NC(=O)[C@@H]1CCC(=O)N1)ON(C(=O)CC(C)C)[C@@H](CCSC)C(=O)OC. The van der Waals surface area contributed by atoms with E-state index in [1.54, 1.807) is 11.8 Å². The summed E-state index contributed by atoms with van der Waals surface area (Å²) in [6, 6.07) is -1.54. The lowest BCUT2D eigenvalue weighted by Crippen LogP contribution is -2.53. The third-order valence-electron chi connectivity index (χ3n) is 5.35. The summed E-state index contributed by atoms with van der Waals surface area (Å²) < 4.78 is 4.95. The number of ether oxygens (including phenoxy) is 1. The van der Waals surface area contributed by atoms with Crippen LogP contribution in [0, 0.1) is 11.8 Å². The monoisotopic (exact) mass is 473 g/mol. The first-order valence-corrected chi connectivity index (χ1v) is 12.7. The van der Waals surface area contributed by atoms with E-state index in [1.165, 1.54) is 7.11 Å². The van der Waals surface area contributed by atoms with Crippen LogP contribution in [0.3, 0.4) is 0 Å². The zero-order valence-electron chi connectivity index (χ0n) is 20.1. The first-order chi connectivity index (χ1) is 15.1. The van der Waals surface area contributed by atoms with Crippen LogP contribution in [-0.4, -0.2) is 66.2 Å². The van der Waals surface area contributed by atoms with Crippen LogP contribution in [0.1, 0.15) is 66.2 Å². The Morgan fingerprint density at radius 1 is 1.28 bits per heavy atom. The number of amides is 3. The Bertz CT molecular complexity index is 645. The Labute approximate surface area is 195 Å². The van der Waals surface area contributed by atoms with Gasteiger partial charge in [-0.05, 0) is 43.1 Å². The van der Waals surface area contributed by atoms with Crippen molar-refractivity contribution in [3.8, 4) is 0 Å². The largest absolute Gasteiger partial charge is 0.467 e. The molecule has 0 bridgehead atoms. The number of thioether (sulfide) groups is 1. The standard InChI is InChI=1S/C22H39N3O6S/c1-7-15(4)13-19(24-21(28)16-8-9-18(26)23-16)31-25(20(27)12-14(2)3)17(10-11-32-6)22(29)30-5/h14-17,19H,7-13H2,1-6H3,(H,23,26)(H,24,28)/t15-,16-,17-,19?/m0/s1. The molecule has 2 N–H and O–H groups in total. The molecule has 9 nitrogen and oxygen atoms in total. The van der Waals surface area contributed by atoms with E-state index in [0.717, 1.165) is 11.5 Å². The van der Waals surface area contributed by atoms with E-state index >= 15 is 0 Å². The minimum atomic E-state index is -0.916. The zero-order valence-corrected chi connectivity index (χ0v) is 21.0. The van der Waals surface area contributed by atoms with Crippen LogP contribution in [0.15, 0.2) is 0 Å². The number of nitrogens with one attached hydrogen (secondary N) is 2. The van der Waals surface area contributed by atoms with Gasteiger partial charge in [-0.3, -0.25) is 14.4 Å². The zero-order chi connectivity index (χ0) is 24.3. The van der Waals surface area contributed by atoms with Gasteiger partial charge in [-0.2, -0.15) is 11.8 Å². The van der Waals surface area contributed by atoms with E-state index in [9.17, 15) is 19.2 Å². The topological polar surface area (TPSA) is 114 Å². The lowest BCUT2D eigenvalue weighted by atomic mass is 10.0. The molecule has 184 valence electrons. The molecule has 0 aromatic carbocycles. The van der Waals surface area contributed by atoms with Crippen LogP contribution in [-0.2, 0) is 28.8 Å². The highest BCUT2D eigenvalue weighted by molar-refractivity contribution is 7.98. The van der Waals surface area contributed by atoms with E-state index in [-0.39, 0.29) is 36.0 Å². The molecule has 1 aliphatic heterocycles. The molecule has 3 amide bonds. The first-order valence-electron chi connectivity index (χ1n) is 11.3. The molecule has 0 aliphatic carbocycles. The van der Waals surface area contributed by atoms with Crippen LogP contribution in [0.2, 0.25) is 0 Å². The van der Waals surface area contributed by atoms with Crippen molar-refractivity contribution in [2.24, 2.45) is 11.8 Å². The summed E-state index contributed by atoms with van der Waals surface area (Å²) in [5, 5.41) is 6.57. The van der Waals surface area contributed by atoms with Crippen LogP contribution >= 0.6 is 11.8 Å². The summed E-state index contributed by atoms with van der Waals surface area (Å²) in [4.78, 5) is 55.9.